The average molecular weight is 425 g/mol. The highest BCUT2D eigenvalue weighted by Crippen LogP contribution is 2.42. The summed E-state index contributed by atoms with van der Waals surface area (Å²) in [4.78, 5) is 15.7. The maximum absolute atomic E-state index is 13.6. The second-order valence-corrected chi connectivity index (χ2v) is 7.72. The Bertz CT molecular complexity index is 1110. The van der Waals surface area contributed by atoms with Crippen LogP contribution >= 0.6 is 0 Å². The van der Waals surface area contributed by atoms with E-state index >= 15 is 0 Å². The van der Waals surface area contributed by atoms with Crippen LogP contribution in [0.3, 0.4) is 0 Å². The number of fused-ring (bicyclic) bond motifs is 1. The third-order valence-corrected chi connectivity index (χ3v) is 5.42. The van der Waals surface area contributed by atoms with Crippen molar-refractivity contribution in [3.05, 3.63) is 62.9 Å². The van der Waals surface area contributed by atoms with E-state index in [1.165, 1.54) is 7.11 Å². The molecule has 1 atom stereocenters. The minimum absolute atomic E-state index is 0.000979. The van der Waals surface area contributed by atoms with E-state index in [1.54, 1.807) is 35.9 Å². The fraction of sp³-hybridized carbons (Fsp3) is 0.391. The molecule has 1 aliphatic heterocycles. The average Bonchev–Trinajstić information content (AvgIpc) is 2.74. The predicted molar refractivity (Wildman–Crippen MR) is 117 cm³/mol. The molecule has 2 aromatic rings. The van der Waals surface area contributed by atoms with E-state index in [-0.39, 0.29) is 17.0 Å². The summed E-state index contributed by atoms with van der Waals surface area (Å²) in [5.41, 5.74) is 7.96. The molecule has 8 nitrogen and oxygen atoms in total. The summed E-state index contributed by atoms with van der Waals surface area (Å²) < 4.78 is 18.2. The van der Waals surface area contributed by atoms with Crippen molar-refractivity contribution in [1.29, 1.82) is 5.26 Å². The fourth-order valence-corrected chi connectivity index (χ4v) is 3.87. The third-order valence-electron chi connectivity index (χ3n) is 5.42. The Morgan fingerprint density at radius 3 is 2.55 bits per heavy atom. The van der Waals surface area contributed by atoms with Crippen molar-refractivity contribution in [3.8, 4) is 23.3 Å². The molecule has 3 rings (SSSR count). The van der Waals surface area contributed by atoms with E-state index in [2.05, 4.69) is 11.0 Å². The van der Waals surface area contributed by atoms with Crippen molar-refractivity contribution in [1.82, 2.24) is 9.47 Å². The van der Waals surface area contributed by atoms with Gasteiger partial charge in [-0.2, -0.15) is 5.26 Å². The zero-order chi connectivity index (χ0) is 22.7. The van der Waals surface area contributed by atoms with Crippen LogP contribution in [-0.4, -0.2) is 44.3 Å². The van der Waals surface area contributed by atoms with Crippen LogP contribution in [-0.2, 0) is 6.54 Å². The Morgan fingerprint density at radius 2 is 1.94 bits per heavy atom. The first kappa shape index (κ1) is 22.2. The van der Waals surface area contributed by atoms with Crippen molar-refractivity contribution in [2.24, 2.45) is 5.73 Å². The minimum atomic E-state index is -0.665. The number of nitrogens with two attached hydrogens (primary N) is 1. The quantitative estimate of drug-likeness (QED) is 0.728. The number of nitriles is 1. The first-order valence-corrected chi connectivity index (χ1v) is 10.0. The van der Waals surface area contributed by atoms with Gasteiger partial charge in [0.15, 0.2) is 11.5 Å². The van der Waals surface area contributed by atoms with Crippen LogP contribution in [0.4, 0.5) is 0 Å². The highest BCUT2D eigenvalue weighted by Gasteiger charge is 2.34. The van der Waals surface area contributed by atoms with Gasteiger partial charge in [-0.15, -0.1) is 0 Å². The van der Waals surface area contributed by atoms with Gasteiger partial charge in [-0.25, -0.2) is 0 Å². The van der Waals surface area contributed by atoms with E-state index in [0.717, 1.165) is 18.7 Å². The normalized spacial score (nSPS) is 15.3. The highest BCUT2D eigenvalue weighted by atomic mass is 16.5. The number of hydrogen-bond donors (Lipinski definition) is 1. The van der Waals surface area contributed by atoms with Crippen LogP contribution < -0.4 is 25.5 Å². The molecule has 1 aromatic heterocycles. The number of pyridine rings is 1. The van der Waals surface area contributed by atoms with Gasteiger partial charge in [-0.3, -0.25) is 4.79 Å². The molecule has 0 fully saturated rings. The molecule has 1 aromatic carbocycles. The monoisotopic (exact) mass is 424 g/mol. The maximum Gasteiger partial charge on any atom is 0.258 e. The SMILES string of the molecule is COc1ccc(C2C(C#N)=C(N)Oc3cc(C)n(CCCN(C)C)c(=O)c32)cc1OC. The standard InChI is InChI=1S/C23H28N4O4/c1-14-11-19-21(23(28)27(14)10-6-9-26(2)3)20(16(13-24)22(25)31-19)15-7-8-17(29-4)18(12-15)30-5/h7-8,11-12,20H,6,9-10,25H2,1-5H3. The first-order chi connectivity index (χ1) is 14.8. The van der Waals surface area contributed by atoms with Crippen LogP contribution in [0, 0.1) is 18.3 Å². The molecule has 0 amide bonds. The largest absolute Gasteiger partial charge is 0.493 e. The summed E-state index contributed by atoms with van der Waals surface area (Å²) in [6.45, 7) is 3.29. The zero-order valence-corrected chi connectivity index (χ0v) is 18.6. The van der Waals surface area contributed by atoms with Crippen molar-refractivity contribution in [2.75, 3.05) is 34.9 Å². The lowest BCUT2D eigenvalue weighted by atomic mass is 9.84. The highest BCUT2D eigenvalue weighted by molar-refractivity contribution is 5.57. The molecule has 2 heterocycles. The number of hydrogen-bond acceptors (Lipinski definition) is 7. The van der Waals surface area contributed by atoms with Gasteiger partial charge in [-0.05, 0) is 51.7 Å². The molecule has 0 aliphatic carbocycles. The maximum atomic E-state index is 13.6. The number of ether oxygens (including phenoxy) is 3. The van der Waals surface area contributed by atoms with Crippen molar-refractivity contribution >= 4 is 0 Å². The summed E-state index contributed by atoms with van der Waals surface area (Å²) in [5, 5.41) is 9.83. The molecule has 0 saturated heterocycles. The van der Waals surface area contributed by atoms with Crippen molar-refractivity contribution in [2.45, 2.75) is 25.8 Å². The predicted octanol–water partition coefficient (Wildman–Crippen LogP) is 2.34. The van der Waals surface area contributed by atoms with Crippen molar-refractivity contribution < 1.29 is 14.2 Å². The number of nitrogens with zero attached hydrogens (tertiary/aromatic N) is 3. The lowest BCUT2D eigenvalue weighted by molar-refractivity contribution is 0.354. The molecule has 0 spiro atoms. The Labute approximate surface area is 182 Å². The van der Waals surface area contributed by atoms with E-state index in [9.17, 15) is 10.1 Å². The topological polar surface area (TPSA) is 103 Å². The van der Waals surface area contributed by atoms with Gasteiger partial charge in [0.25, 0.3) is 5.56 Å². The Balaban J connectivity index is 2.19. The van der Waals surface area contributed by atoms with Gasteiger partial charge in [0.05, 0.1) is 25.7 Å². The summed E-state index contributed by atoms with van der Waals surface area (Å²) in [6.07, 6.45) is 0.817. The van der Waals surface area contributed by atoms with Crippen LogP contribution in [0.15, 0.2) is 40.5 Å². The molecule has 8 heteroatoms. The van der Waals surface area contributed by atoms with E-state index in [0.29, 0.717) is 34.9 Å². The molecule has 31 heavy (non-hydrogen) atoms. The molecule has 0 bridgehead atoms. The number of rotatable bonds is 7. The van der Waals surface area contributed by atoms with Crippen LogP contribution in [0.5, 0.6) is 17.2 Å². The lowest BCUT2D eigenvalue weighted by Gasteiger charge is -2.28. The summed E-state index contributed by atoms with van der Waals surface area (Å²) in [7, 11) is 7.08. The molecule has 164 valence electrons. The van der Waals surface area contributed by atoms with Gasteiger partial charge in [0.1, 0.15) is 17.4 Å². The third kappa shape index (κ3) is 4.23. The zero-order valence-electron chi connectivity index (χ0n) is 18.6. The first-order valence-electron chi connectivity index (χ1n) is 10.0. The minimum Gasteiger partial charge on any atom is -0.493 e. The molecular weight excluding hydrogens is 396 g/mol. The molecule has 1 unspecified atom stereocenters. The van der Waals surface area contributed by atoms with Crippen LogP contribution in [0.2, 0.25) is 0 Å². The van der Waals surface area contributed by atoms with Gasteiger partial charge in [-0.1, -0.05) is 6.07 Å². The number of aryl methyl sites for hydroxylation is 1. The van der Waals surface area contributed by atoms with Gasteiger partial charge >= 0.3 is 0 Å². The summed E-state index contributed by atoms with van der Waals surface area (Å²) in [6, 6.07) is 9.26. The number of benzene rings is 1. The smallest absolute Gasteiger partial charge is 0.258 e. The molecule has 2 N–H and O–H groups in total. The molecule has 0 radical (unpaired) electrons. The molecule has 1 aliphatic rings. The Hall–Kier alpha value is -3.44. The molecule has 0 saturated carbocycles. The summed E-state index contributed by atoms with van der Waals surface area (Å²) >= 11 is 0. The van der Waals surface area contributed by atoms with Gasteiger partial charge in [0, 0.05) is 18.3 Å². The number of methoxy groups -OCH3 is 2. The van der Waals surface area contributed by atoms with Gasteiger partial charge in [0.2, 0.25) is 5.88 Å². The Morgan fingerprint density at radius 1 is 1.23 bits per heavy atom. The number of allylic oxidation sites excluding steroid dienone is 1. The summed E-state index contributed by atoms with van der Waals surface area (Å²) in [5.74, 6) is 0.768. The van der Waals surface area contributed by atoms with Crippen LogP contribution in [0.25, 0.3) is 0 Å². The van der Waals surface area contributed by atoms with E-state index < -0.39 is 5.92 Å². The second-order valence-electron chi connectivity index (χ2n) is 7.72. The lowest BCUT2D eigenvalue weighted by Crippen LogP contribution is -2.33. The molecular formula is C23H28N4O4. The Kier molecular flexibility index (Phi) is 6.56. The van der Waals surface area contributed by atoms with Gasteiger partial charge < -0.3 is 29.4 Å². The van der Waals surface area contributed by atoms with Crippen LogP contribution in [0.1, 0.15) is 29.2 Å². The van der Waals surface area contributed by atoms with E-state index in [1.807, 2.05) is 21.0 Å². The fourth-order valence-electron chi connectivity index (χ4n) is 3.87. The second kappa shape index (κ2) is 9.14. The number of aromatic nitrogens is 1. The van der Waals surface area contributed by atoms with Crippen molar-refractivity contribution in [3.63, 3.8) is 0 Å². The van der Waals surface area contributed by atoms with E-state index in [4.69, 9.17) is 19.9 Å².